The summed E-state index contributed by atoms with van der Waals surface area (Å²) >= 11 is 0. The molecule has 2 heteroatoms. The lowest BCUT2D eigenvalue weighted by Crippen LogP contribution is -2.26. The average Bonchev–Trinajstić information content (AvgIpc) is 2.50. The zero-order chi connectivity index (χ0) is 13.8. The Hall–Kier alpha value is -2.48. The number of benzene rings is 3. The summed E-state index contributed by atoms with van der Waals surface area (Å²) in [5.74, 6) is 0. The summed E-state index contributed by atoms with van der Waals surface area (Å²) in [4.78, 5) is 0. The van der Waals surface area contributed by atoms with Crippen molar-refractivity contribution in [3.8, 4) is 11.1 Å². The van der Waals surface area contributed by atoms with Gasteiger partial charge in [-0.1, -0.05) is 77.7 Å². The maximum absolute atomic E-state index is 5.71. The molecule has 0 fully saturated rings. The molecule has 0 aliphatic heterocycles. The highest BCUT2D eigenvalue weighted by atomic mass is 14.5. The van der Waals surface area contributed by atoms with Gasteiger partial charge in [-0.25, -0.2) is 0 Å². The molecule has 3 rings (SSSR count). The van der Waals surface area contributed by atoms with Crippen molar-refractivity contribution in [2.45, 2.75) is 0 Å². The highest BCUT2D eigenvalue weighted by Crippen LogP contribution is 2.19. The number of hydrogen-bond donors (Lipinski definition) is 1. The van der Waals surface area contributed by atoms with Gasteiger partial charge < -0.3 is 5.73 Å². The Morgan fingerprint density at radius 1 is 0.550 bits per heavy atom. The summed E-state index contributed by atoms with van der Waals surface area (Å²) in [5, 5.41) is 0. The molecule has 0 saturated carbocycles. The molecule has 3 aromatic carbocycles. The van der Waals surface area contributed by atoms with Crippen molar-refractivity contribution < 1.29 is 0 Å². The molecule has 0 radical (unpaired) electrons. The fourth-order valence-electron chi connectivity index (χ4n) is 2.32. The van der Waals surface area contributed by atoms with E-state index in [4.69, 9.17) is 5.73 Å². The second-order valence-corrected chi connectivity index (χ2v) is 4.98. The number of rotatable bonds is 3. The van der Waals surface area contributed by atoms with Crippen molar-refractivity contribution in [1.29, 1.82) is 0 Å². The largest absolute Gasteiger partial charge is 0.399 e. The summed E-state index contributed by atoms with van der Waals surface area (Å²) in [7, 11) is 0.975. The van der Waals surface area contributed by atoms with Crippen LogP contribution in [0.3, 0.4) is 0 Å². The van der Waals surface area contributed by atoms with E-state index in [-0.39, 0.29) is 0 Å². The normalized spacial score (nSPS) is 10.2. The zero-order valence-corrected chi connectivity index (χ0v) is 11.3. The molecule has 0 heterocycles. The predicted octanol–water partition coefficient (Wildman–Crippen LogP) is 2.32. The van der Waals surface area contributed by atoms with Crippen LogP contribution in [0.15, 0.2) is 78.9 Å². The molecule has 0 saturated heterocycles. The van der Waals surface area contributed by atoms with E-state index < -0.39 is 0 Å². The zero-order valence-electron chi connectivity index (χ0n) is 11.3. The number of hydrogen-bond acceptors (Lipinski definition) is 1. The summed E-state index contributed by atoms with van der Waals surface area (Å²) in [6, 6.07) is 27.3. The smallest absolute Gasteiger partial charge is 0.192 e. The van der Waals surface area contributed by atoms with Crippen LogP contribution in [0.4, 0.5) is 5.69 Å². The maximum Gasteiger partial charge on any atom is 0.192 e. The lowest BCUT2D eigenvalue weighted by molar-refractivity contribution is 1.63. The van der Waals surface area contributed by atoms with Crippen LogP contribution in [0.1, 0.15) is 0 Å². The average molecular weight is 257 g/mol. The van der Waals surface area contributed by atoms with Gasteiger partial charge in [0, 0.05) is 5.69 Å². The van der Waals surface area contributed by atoms with Gasteiger partial charge in [-0.3, -0.25) is 0 Å². The Balaban J connectivity index is 1.79. The molecule has 0 unspecified atom stereocenters. The second-order valence-electron chi connectivity index (χ2n) is 4.98. The molecule has 3 aromatic rings. The molecule has 20 heavy (non-hydrogen) atoms. The predicted molar refractivity (Wildman–Crippen MR) is 89.1 cm³/mol. The van der Waals surface area contributed by atoms with Crippen LogP contribution in [0, 0.1) is 0 Å². The third kappa shape index (κ3) is 2.91. The highest BCUT2D eigenvalue weighted by molar-refractivity contribution is 6.67. The van der Waals surface area contributed by atoms with Crippen LogP contribution in [0.2, 0.25) is 0 Å². The summed E-state index contributed by atoms with van der Waals surface area (Å²) in [6.45, 7) is 0. The molecule has 0 amide bonds. The first-order chi connectivity index (χ1) is 9.81. The molecule has 0 aliphatic rings. The fourth-order valence-corrected chi connectivity index (χ4v) is 2.32. The highest BCUT2D eigenvalue weighted by Gasteiger charge is 2.00. The third-order valence-electron chi connectivity index (χ3n) is 3.45. The van der Waals surface area contributed by atoms with Crippen molar-refractivity contribution in [3.05, 3.63) is 78.9 Å². The molecule has 0 aliphatic carbocycles. The van der Waals surface area contributed by atoms with Crippen LogP contribution < -0.4 is 16.7 Å². The van der Waals surface area contributed by atoms with Gasteiger partial charge >= 0.3 is 0 Å². The number of nitrogen functional groups attached to an aromatic ring is 1. The lowest BCUT2D eigenvalue weighted by atomic mass is 9.64. The molecule has 1 nitrogen and oxygen atoms in total. The summed E-state index contributed by atoms with van der Waals surface area (Å²) in [6.07, 6.45) is 0. The van der Waals surface area contributed by atoms with E-state index in [2.05, 4.69) is 60.7 Å². The minimum Gasteiger partial charge on any atom is -0.399 e. The lowest BCUT2D eigenvalue weighted by Gasteiger charge is -2.05. The SMILES string of the molecule is Nc1ccc(-c2ccc(Bc3ccccc3)cc2)cc1. The summed E-state index contributed by atoms with van der Waals surface area (Å²) in [5.41, 5.74) is 11.6. The van der Waals surface area contributed by atoms with E-state index in [1.165, 1.54) is 22.1 Å². The maximum atomic E-state index is 5.71. The van der Waals surface area contributed by atoms with E-state index in [0.717, 1.165) is 13.0 Å². The topological polar surface area (TPSA) is 26.0 Å². The first kappa shape index (κ1) is 12.6. The van der Waals surface area contributed by atoms with E-state index in [9.17, 15) is 0 Å². The monoisotopic (exact) mass is 257 g/mol. The summed E-state index contributed by atoms with van der Waals surface area (Å²) < 4.78 is 0. The van der Waals surface area contributed by atoms with Crippen molar-refractivity contribution in [1.82, 2.24) is 0 Å². The van der Waals surface area contributed by atoms with Gasteiger partial charge in [0.05, 0.1) is 0 Å². The number of anilines is 1. The standard InChI is InChI=1S/C18H16BN/c20-18-12-8-15(9-13-18)14-6-10-17(11-7-14)19-16-4-2-1-3-5-16/h1-13,19H,20H2. The Bertz CT molecular complexity index is 673. The van der Waals surface area contributed by atoms with Gasteiger partial charge in [0.2, 0.25) is 0 Å². The van der Waals surface area contributed by atoms with Crippen molar-refractivity contribution in [2.75, 3.05) is 5.73 Å². The quantitative estimate of drug-likeness (QED) is 0.565. The van der Waals surface area contributed by atoms with E-state index in [1.807, 2.05) is 18.2 Å². The van der Waals surface area contributed by atoms with Gasteiger partial charge in [-0.15, -0.1) is 0 Å². The Labute approximate surface area is 120 Å². The van der Waals surface area contributed by atoms with Crippen molar-refractivity contribution in [2.24, 2.45) is 0 Å². The molecule has 0 bridgehead atoms. The van der Waals surface area contributed by atoms with Crippen LogP contribution in [-0.2, 0) is 0 Å². The fraction of sp³-hybridized carbons (Fsp3) is 0. The minimum atomic E-state index is 0.800. The van der Waals surface area contributed by atoms with Crippen molar-refractivity contribution in [3.63, 3.8) is 0 Å². The van der Waals surface area contributed by atoms with E-state index in [0.29, 0.717) is 0 Å². The first-order valence-corrected chi connectivity index (χ1v) is 6.80. The van der Waals surface area contributed by atoms with Gasteiger partial charge in [-0.2, -0.15) is 0 Å². The van der Waals surface area contributed by atoms with Crippen LogP contribution >= 0.6 is 0 Å². The first-order valence-electron chi connectivity index (χ1n) is 6.80. The van der Waals surface area contributed by atoms with E-state index >= 15 is 0 Å². The number of nitrogens with two attached hydrogens (primary N) is 1. The van der Waals surface area contributed by atoms with Crippen LogP contribution in [0.25, 0.3) is 11.1 Å². The molecule has 96 valence electrons. The molecule has 0 spiro atoms. The second kappa shape index (κ2) is 5.66. The third-order valence-corrected chi connectivity index (χ3v) is 3.45. The molecule has 0 aromatic heterocycles. The Morgan fingerprint density at radius 3 is 1.65 bits per heavy atom. The van der Waals surface area contributed by atoms with Crippen molar-refractivity contribution >= 4 is 23.9 Å². The van der Waals surface area contributed by atoms with Gasteiger partial charge in [0.1, 0.15) is 0 Å². The van der Waals surface area contributed by atoms with Gasteiger partial charge in [-0.05, 0) is 23.3 Å². The molecule has 2 N–H and O–H groups in total. The Kier molecular flexibility index (Phi) is 3.55. The molecular weight excluding hydrogens is 241 g/mol. The van der Waals surface area contributed by atoms with E-state index in [1.54, 1.807) is 0 Å². The van der Waals surface area contributed by atoms with Crippen LogP contribution in [0.5, 0.6) is 0 Å². The minimum absolute atomic E-state index is 0.800. The molecule has 0 atom stereocenters. The Morgan fingerprint density at radius 2 is 1.05 bits per heavy atom. The van der Waals surface area contributed by atoms with Gasteiger partial charge in [0.15, 0.2) is 7.28 Å². The molecular formula is C18H16BN. The van der Waals surface area contributed by atoms with Gasteiger partial charge in [0.25, 0.3) is 0 Å². The van der Waals surface area contributed by atoms with Crippen LogP contribution in [-0.4, -0.2) is 7.28 Å².